The van der Waals surface area contributed by atoms with Gasteiger partial charge in [-0.2, -0.15) is 0 Å². The number of aromatic nitrogens is 3. The first-order valence-corrected chi connectivity index (χ1v) is 6.83. The molecule has 0 aliphatic heterocycles. The minimum atomic E-state index is -0.873. The molecule has 0 unspecified atom stereocenters. The standard InChI is InChI=1S/C15H18N4O2/c1-3-7-19(10-14(20)21)13-8-11(2)17-15(18-13)12-5-4-6-16-9-12/h4-6,8-9H,3,7,10H2,1-2H3,(H,20,21). The van der Waals surface area contributed by atoms with Gasteiger partial charge < -0.3 is 10.0 Å². The second kappa shape index (κ2) is 6.78. The highest BCUT2D eigenvalue weighted by molar-refractivity contribution is 5.73. The number of carbonyl (C=O) groups is 1. The first kappa shape index (κ1) is 14.9. The predicted octanol–water partition coefficient (Wildman–Crippen LogP) is 2.15. The van der Waals surface area contributed by atoms with Crippen molar-refractivity contribution in [3.63, 3.8) is 0 Å². The number of hydrogen-bond acceptors (Lipinski definition) is 5. The molecule has 0 fully saturated rings. The van der Waals surface area contributed by atoms with Crippen molar-refractivity contribution in [1.82, 2.24) is 15.0 Å². The van der Waals surface area contributed by atoms with Gasteiger partial charge in [0.1, 0.15) is 12.4 Å². The molecule has 0 atom stereocenters. The Hall–Kier alpha value is -2.50. The molecule has 0 aliphatic carbocycles. The van der Waals surface area contributed by atoms with Crippen molar-refractivity contribution in [2.45, 2.75) is 20.3 Å². The maximum absolute atomic E-state index is 11.0. The summed E-state index contributed by atoms with van der Waals surface area (Å²) >= 11 is 0. The molecule has 2 aromatic heterocycles. The van der Waals surface area contributed by atoms with Crippen LogP contribution in [0.25, 0.3) is 11.4 Å². The number of nitrogens with zero attached hydrogens (tertiary/aromatic N) is 4. The van der Waals surface area contributed by atoms with E-state index in [0.29, 0.717) is 18.2 Å². The fraction of sp³-hybridized carbons (Fsp3) is 0.333. The van der Waals surface area contributed by atoms with E-state index in [1.807, 2.05) is 26.0 Å². The van der Waals surface area contributed by atoms with Crippen LogP contribution in [0.1, 0.15) is 19.0 Å². The fourth-order valence-corrected chi connectivity index (χ4v) is 2.05. The highest BCUT2D eigenvalue weighted by Crippen LogP contribution is 2.19. The molecule has 0 bridgehead atoms. The van der Waals surface area contributed by atoms with Gasteiger partial charge in [-0.1, -0.05) is 6.92 Å². The van der Waals surface area contributed by atoms with Crippen molar-refractivity contribution < 1.29 is 9.90 Å². The third-order valence-corrected chi connectivity index (χ3v) is 2.90. The van der Waals surface area contributed by atoms with Gasteiger partial charge in [-0.3, -0.25) is 9.78 Å². The topological polar surface area (TPSA) is 79.2 Å². The summed E-state index contributed by atoms with van der Waals surface area (Å²) in [5, 5.41) is 9.03. The average Bonchev–Trinajstić information content (AvgIpc) is 2.47. The van der Waals surface area contributed by atoms with E-state index in [-0.39, 0.29) is 6.54 Å². The number of carboxylic acid groups (broad SMARTS) is 1. The molecule has 110 valence electrons. The molecule has 6 heteroatoms. The third kappa shape index (κ3) is 3.98. The Morgan fingerprint density at radius 1 is 1.38 bits per heavy atom. The van der Waals surface area contributed by atoms with Gasteiger partial charge in [0.15, 0.2) is 5.82 Å². The zero-order valence-electron chi connectivity index (χ0n) is 12.2. The molecule has 1 N–H and O–H groups in total. The summed E-state index contributed by atoms with van der Waals surface area (Å²) in [5.74, 6) is 0.317. The molecule has 6 nitrogen and oxygen atoms in total. The number of carboxylic acids is 1. The molecule has 0 aliphatic rings. The van der Waals surface area contributed by atoms with Crippen molar-refractivity contribution in [2.75, 3.05) is 18.0 Å². The first-order valence-electron chi connectivity index (χ1n) is 6.83. The summed E-state index contributed by atoms with van der Waals surface area (Å²) in [6.07, 6.45) is 4.23. The Morgan fingerprint density at radius 3 is 2.81 bits per heavy atom. The van der Waals surface area contributed by atoms with Crippen LogP contribution in [-0.2, 0) is 4.79 Å². The van der Waals surface area contributed by atoms with Crippen LogP contribution in [0.15, 0.2) is 30.6 Å². The summed E-state index contributed by atoms with van der Waals surface area (Å²) in [6.45, 7) is 4.44. The van der Waals surface area contributed by atoms with Gasteiger partial charge in [-0.25, -0.2) is 9.97 Å². The lowest BCUT2D eigenvalue weighted by atomic mass is 10.2. The highest BCUT2D eigenvalue weighted by Gasteiger charge is 2.14. The van der Waals surface area contributed by atoms with Crippen LogP contribution in [0.3, 0.4) is 0 Å². The van der Waals surface area contributed by atoms with E-state index in [4.69, 9.17) is 5.11 Å². The molecule has 2 aromatic rings. The lowest BCUT2D eigenvalue weighted by molar-refractivity contribution is -0.135. The molecule has 2 rings (SSSR count). The van der Waals surface area contributed by atoms with E-state index in [0.717, 1.165) is 17.7 Å². The molecule has 21 heavy (non-hydrogen) atoms. The predicted molar refractivity (Wildman–Crippen MR) is 80.1 cm³/mol. The Kier molecular flexibility index (Phi) is 4.81. The number of aliphatic carboxylic acids is 1. The van der Waals surface area contributed by atoms with Gasteiger partial charge in [-0.15, -0.1) is 0 Å². The van der Waals surface area contributed by atoms with Gasteiger partial charge in [-0.05, 0) is 25.5 Å². The van der Waals surface area contributed by atoms with Crippen molar-refractivity contribution in [3.8, 4) is 11.4 Å². The second-order valence-electron chi connectivity index (χ2n) is 4.75. The molecular formula is C15H18N4O2. The molecule has 0 aromatic carbocycles. The van der Waals surface area contributed by atoms with Crippen LogP contribution in [0.5, 0.6) is 0 Å². The molecular weight excluding hydrogens is 268 g/mol. The number of rotatable bonds is 6. The van der Waals surface area contributed by atoms with E-state index in [1.165, 1.54) is 0 Å². The van der Waals surface area contributed by atoms with Gasteiger partial charge >= 0.3 is 5.97 Å². The van der Waals surface area contributed by atoms with Gasteiger partial charge in [0, 0.05) is 36.3 Å². The minimum Gasteiger partial charge on any atom is -0.480 e. The summed E-state index contributed by atoms with van der Waals surface area (Å²) < 4.78 is 0. The maximum atomic E-state index is 11.0. The van der Waals surface area contributed by atoms with Crippen LogP contribution in [0.4, 0.5) is 5.82 Å². The van der Waals surface area contributed by atoms with Crippen LogP contribution in [-0.4, -0.2) is 39.1 Å². The average molecular weight is 286 g/mol. The minimum absolute atomic E-state index is 0.0726. The largest absolute Gasteiger partial charge is 0.480 e. The SMILES string of the molecule is CCCN(CC(=O)O)c1cc(C)nc(-c2cccnc2)n1. The maximum Gasteiger partial charge on any atom is 0.323 e. The van der Waals surface area contributed by atoms with E-state index < -0.39 is 5.97 Å². The molecule has 0 saturated heterocycles. The Labute approximate surface area is 123 Å². The number of pyridine rings is 1. The van der Waals surface area contributed by atoms with Gasteiger partial charge in [0.25, 0.3) is 0 Å². The first-order chi connectivity index (χ1) is 10.1. The summed E-state index contributed by atoms with van der Waals surface area (Å²) in [7, 11) is 0. The summed E-state index contributed by atoms with van der Waals surface area (Å²) in [6, 6.07) is 5.51. The lowest BCUT2D eigenvalue weighted by Gasteiger charge is -2.21. The van der Waals surface area contributed by atoms with Crippen molar-refractivity contribution in [1.29, 1.82) is 0 Å². The van der Waals surface area contributed by atoms with Gasteiger partial charge in [0.05, 0.1) is 0 Å². The van der Waals surface area contributed by atoms with Crippen molar-refractivity contribution >= 4 is 11.8 Å². The lowest BCUT2D eigenvalue weighted by Crippen LogP contribution is -2.31. The quantitative estimate of drug-likeness (QED) is 0.876. The molecule has 2 heterocycles. The monoisotopic (exact) mass is 286 g/mol. The van der Waals surface area contributed by atoms with E-state index >= 15 is 0 Å². The summed E-state index contributed by atoms with van der Waals surface area (Å²) in [5.41, 5.74) is 1.61. The van der Waals surface area contributed by atoms with E-state index in [1.54, 1.807) is 23.4 Å². The van der Waals surface area contributed by atoms with Gasteiger partial charge in [0.2, 0.25) is 0 Å². The van der Waals surface area contributed by atoms with Crippen LogP contribution >= 0.6 is 0 Å². The van der Waals surface area contributed by atoms with Crippen LogP contribution < -0.4 is 4.90 Å². The van der Waals surface area contributed by atoms with Crippen molar-refractivity contribution in [2.24, 2.45) is 0 Å². The Bertz CT molecular complexity index is 616. The zero-order valence-corrected chi connectivity index (χ0v) is 12.2. The summed E-state index contributed by atoms with van der Waals surface area (Å²) in [4.78, 5) is 25.7. The normalized spacial score (nSPS) is 10.4. The van der Waals surface area contributed by atoms with E-state index in [9.17, 15) is 4.79 Å². The number of hydrogen-bond donors (Lipinski definition) is 1. The van der Waals surface area contributed by atoms with Crippen LogP contribution in [0.2, 0.25) is 0 Å². The van der Waals surface area contributed by atoms with E-state index in [2.05, 4.69) is 15.0 Å². The molecule has 0 amide bonds. The zero-order chi connectivity index (χ0) is 15.2. The smallest absolute Gasteiger partial charge is 0.323 e. The highest BCUT2D eigenvalue weighted by atomic mass is 16.4. The fourth-order valence-electron chi connectivity index (χ4n) is 2.05. The Morgan fingerprint density at radius 2 is 2.19 bits per heavy atom. The Balaban J connectivity index is 2.39. The number of anilines is 1. The van der Waals surface area contributed by atoms with Crippen LogP contribution in [0, 0.1) is 6.92 Å². The molecule has 0 radical (unpaired) electrons. The molecule has 0 spiro atoms. The number of aryl methyl sites for hydroxylation is 1. The second-order valence-corrected chi connectivity index (χ2v) is 4.75. The van der Waals surface area contributed by atoms with Crippen molar-refractivity contribution in [3.05, 3.63) is 36.3 Å². The third-order valence-electron chi connectivity index (χ3n) is 2.90. The molecule has 0 saturated carbocycles.